The fourth-order valence-electron chi connectivity index (χ4n) is 2.97. The number of amides is 1. The summed E-state index contributed by atoms with van der Waals surface area (Å²) < 4.78 is 7.94. The number of carbonyl (C=O) groups is 1. The maximum Gasteiger partial charge on any atom is 0.248 e. The lowest BCUT2D eigenvalue weighted by molar-refractivity contribution is -0.115. The average Bonchev–Trinajstić information content (AvgIpc) is 3.22. The molecule has 0 spiro atoms. The Labute approximate surface area is 151 Å². The van der Waals surface area contributed by atoms with Gasteiger partial charge in [-0.3, -0.25) is 4.79 Å². The minimum atomic E-state index is -0.504. The Kier molecular flexibility index (Phi) is 3.69. The summed E-state index contributed by atoms with van der Waals surface area (Å²) in [6.45, 7) is 1.80. The zero-order chi connectivity index (χ0) is 17.6. The minimum absolute atomic E-state index is 0.436. The summed E-state index contributed by atoms with van der Waals surface area (Å²) in [5, 5.41) is 7.64. The highest BCUT2D eigenvalue weighted by atomic mass is 79.9. The van der Waals surface area contributed by atoms with Gasteiger partial charge in [-0.15, -0.1) is 5.10 Å². The molecule has 25 heavy (non-hydrogen) atoms. The van der Waals surface area contributed by atoms with Gasteiger partial charge in [0.2, 0.25) is 17.7 Å². The third kappa shape index (κ3) is 2.64. The number of nitrogens with one attached hydrogen (secondary N) is 1. The lowest BCUT2D eigenvalue weighted by Gasteiger charge is -2.27. The number of fused-ring (bicyclic) bond motifs is 1. The third-order valence-electron chi connectivity index (χ3n) is 4.02. The number of nitrogens with two attached hydrogens (primary N) is 1. The zero-order valence-corrected chi connectivity index (χ0v) is 14.8. The van der Waals surface area contributed by atoms with Crippen LogP contribution in [0.3, 0.4) is 0 Å². The van der Waals surface area contributed by atoms with Crippen LogP contribution in [-0.4, -0.2) is 20.7 Å². The number of rotatable bonds is 3. The van der Waals surface area contributed by atoms with E-state index < -0.39 is 11.9 Å². The van der Waals surface area contributed by atoms with Crippen LogP contribution in [0.15, 0.2) is 62.8 Å². The van der Waals surface area contributed by atoms with Gasteiger partial charge >= 0.3 is 0 Å². The minimum Gasteiger partial charge on any atom is -0.461 e. The molecule has 2 aromatic heterocycles. The number of anilines is 1. The zero-order valence-electron chi connectivity index (χ0n) is 13.2. The Morgan fingerprint density at radius 2 is 2.20 bits per heavy atom. The van der Waals surface area contributed by atoms with Crippen molar-refractivity contribution in [2.75, 3.05) is 5.32 Å². The molecule has 0 fully saturated rings. The molecule has 1 aliphatic heterocycles. The number of benzene rings is 1. The van der Waals surface area contributed by atoms with E-state index in [1.165, 1.54) is 0 Å². The van der Waals surface area contributed by atoms with Crippen molar-refractivity contribution in [1.29, 1.82) is 0 Å². The average molecular weight is 400 g/mol. The highest BCUT2D eigenvalue weighted by Crippen LogP contribution is 2.36. The number of nitrogens with zero attached hydrogens (tertiary/aromatic N) is 3. The molecule has 0 saturated carbocycles. The topological polar surface area (TPSA) is 99.0 Å². The van der Waals surface area contributed by atoms with E-state index in [0.717, 1.165) is 10.0 Å². The predicted octanol–water partition coefficient (Wildman–Crippen LogP) is 3.07. The SMILES string of the molecule is CC1=C(C(N)=O)[C@@H](c2cccc(Br)c2)n2nc(-c3ccco3)nc2N1. The van der Waals surface area contributed by atoms with E-state index in [1.54, 1.807) is 30.0 Å². The van der Waals surface area contributed by atoms with E-state index in [9.17, 15) is 4.79 Å². The molecule has 1 amide bonds. The molecule has 3 aromatic rings. The molecule has 0 unspecified atom stereocenters. The molecular formula is C17H14BrN5O2. The van der Waals surface area contributed by atoms with Gasteiger partial charge in [-0.1, -0.05) is 28.1 Å². The first-order chi connectivity index (χ1) is 12.0. The van der Waals surface area contributed by atoms with E-state index in [-0.39, 0.29) is 0 Å². The number of carbonyl (C=O) groups excluding carboxylic acids is 1. The Bertz CT molecular complexity index is 990. The number of furan rings is 1. The van der Waals surface area contributed by atoms with Gasteiger partial charge in [0.25, 0.3) is 0 Å². The molecular weight excluding hydrogens is 386 g/mol. The lowest BCUT2D eigenvalue weighted by atomic mass is 9.95. The Morgan fingerprint density at radius 1 is 1.36 bits per heavy atom. The predicted molar refractivity (Wildman–Crippen MR) is 95.5 cm³/mol. The van der Waals surface area contributed by atoms with Crippen LogP contribution in [0.5, 0.6) is 0 Å². The van der Waals surface area contributed by atoms with Gasteiger partial charge in [-0.25, -0.2) is 4.68 Å². The molecule has 4 rings (SSSR count). The van der Waals surface area contributed by atoms with Crippen LogP contribution in [-0.2, 0) is 4.79 Å². The summed E-state index contributed by atoms with van der Waals surface area (Å²) >= 11 is 3.47. The third-order valence-corrected chi connectivity index (χ3v) is 4.52. The quantitative estimate of drug-likeness (QED) is 0.704. The number of primary amides is 1. The van der Waals surface area contributed by atoms with Gasteiger partial charge in [0.15, 0.2) is 5.76 Å². The summed E-state index contributed by atoms with van der Waals surface area (Å²) in [5.74, 6) is 1.01. The van der Waals surface area contributed by atoms with Gasteiger partial charge in [-0.2, -0.15) is 4.98 Å². The molecule has 1 aromatic carbocycles. The smallest absolute Gasteiger partial charge is 0.248 e. The fraction of sp³-hybridized carbons (Fsp3) is 0.118. The summed E-state index contributed by atoms with van der Waals surface area (Å²) in [4.78, 5) is 16.6. The Morgan fingerprint density at radius 3 is 2.88 bits per heavy atom. The first-order valence-electron chi connectivity index (χ1n) is 7.58. The maximum atomic E-state index is 12.1. The van der Waals surface area contributed by atoms with E-state index in [1.807, 2.05) is 24.3 Å². The molecule has 7 nitrogen and oxygen atoms in total. The van der Waals surface area contributed by atoms with Crippen molar-refractivity contribution in [3.05, 3.63) is 64.0 Å². The van der Waals surface area contributed by atoms with Crippen molar-refractivity contribution >= 4 is 27.8 Å². The second-order valence-electron chi connectivity index (χ2n) is 5.67. The standard InChI is InChI=1S/C17H14BrN5O2/c1-9-13(15(19)24)14(10-4-2-5-11(18)8-10)23-17(20-9)21-16(22-23)12-6-3-7-25-12/h2-8,14H,1H3,(H2,19,24)(H,20,21,22)/t14-/m1/s1. The van der Waals surface area contributed by atoms with Crippen LogP contribution < -0.4 is 11.1 Å². The first kappa shape index (κ1) is 15.6. The normalized spacial score (nSPS) is 16.5. The largest absolute Gasteiger partial charge is 0.461 e. The lowest BCUT2D eigenvalue weighted by Crippen LogP contribution is -2.31. The van der Waals surface area contributed by atoms with Gasteiger partial charge in [0, 0.05) is 10.2 Å². The van der Waals surface area contributed by atoms with Gasteiger partial charge in [-0.05, 0) is 36.8 Å². The second-order valence-corrected chi connectivity index (χ2v) is 6.58. The molecule has 3 heterocycles. The molecule has 1 atom stereocenters. The molecule has 0 saturated heterocycles. The molecule has 0 radical (unpaired) electrons. The summed E-state index contributed by atoms with van der Waals surface area (Å²) in [7, 11) is 0. The second kappa shape index (κ2) is 5.89. The number of halogens is 1. The van der Waals surface area contributed by atoms with Crippen LogP contribution in [0.2, 0.25) is 0 Å². The molecule has 0 bridgehead atoms. The van der Waals surface area contributed by atoms with Gasteiger partial charge in [0.05, 0.1) is 11.8 Å². The molecule has 3 N–H and O–H groups in total. The highest BCUT2D eigenvalue weighted by molar-refractivity contribution is 9.10. The maximum absolute atomic E-state index is 12.1. The summed E-state index contributed by atoms with van der Waals surface area (Å²) in [6.07, 6.45) is 1.56. The van der Waals surface area contributed by atoms with E-state index in [2.05, 4.69) is 31.3 Å². The van der Waals surface area contributed by atoms with Gasteiger partial charge in [0.1, 0.15) is 6.04 Å². The van der Waals surface area contributed by atoms with Crippen molar-refractivity contribution in [1.82, 2.24) is 14.8 Å². The van der Waals surface area contributed by atoms with Crippen LogP contribution >= 0.6 is 15.9 Å². The van der Waals surface area contributed by atoms with E-state index >= 15 is 0 Å². The molecule has 0 aliphatic carbocycles. The first-order valence-corrected chi connectivity index (χ1v) is 8.37. The van der Waals surface area contributed by atoms with Crippen molar-refractivity contribution in [2.45, 2.75) is 13.0 Å². The number of aromatic nitrogens is 3. The van der Waals surface area contributed by atoms with Crippen LogP contribution in [0.4, 0.5) is 5.95 Å². The van der Waals surface area contributed by atoms with Crippen LogP contribution in [0.1, 0.15) is 18.5 Å². The van der Waals surface area contributed by atoms with Crippen molar-refractivity contribution < 1.29 is 9.21 Å². The number of hydrogen-bond acceptors (Lipinski definition) is 5. The van der Waals surface area contributed by atoms with Crippen LogP contribution in [0.25, 0.3) is 11.6 Å². The Balaban J connectivity index is 1.91. The number of allylic oxidation sites excluding steroid dienone is 1. The van der Waals surface area contributed by atoms with Gasteiger partial charge < -0.3 is 15.5 Å². The van der Waals surface area contributed by atoms with Crippen molar-refractivity contribution in [3.8, 4) is 11.6 Å². The molecule has 8 heteroatoms. The molecule has 126 valence electrons. The highest BCUT2D eigenvalue weighted by Gasteiger charge is 2.33. The summed E-state index contributed by atoms with van der Waals surface area (Å²) in [6, 6.07) is 10.8. The monoisotopic (exact) mass is 399 g/mol. The van der Waals surface area contributed by atoms with Crippen molar-refractivity contribution in [2.24, 2.45) is 5.73 Å². The van der Waals surface area contributed by atoms with Crippen LogP contribution in [0, 0.1) is 0 Å². The molecule has 1 aliphatic rings. The fourth-order valence-corrected chi connectivity index (χ4v) is 3.38. The summed E-state index contributed by atoms with van der Waals surface area (Å²) in [5.41, 5.74) is 7.63. The van der Waals surface area contributed by atoms with Crippen molar-refractivity contribution in [3.63, 3.8) is 0 Å². The van der Waals surface area contributed by atoms with E-state index in [0.29, 0.717) is 28.8 Å². The Hall–Kier alpha value is -2.87. The van der Waals surface area contributed by atoms with E-state index in [4.69, 9.17) is 10.2 Å². The number of hydrogen-bond donors (Lipinski definition) is 2.